The number of unbranched alkanes of at least 4 members (excludes halogenated alkanes) is 1. The number of hydrogen-bond donors (Lipinski definition) is 2. The molecule has 1 rings (SSSR count). The lowest BCUT2D eigenvalue weighted by atomic mass is 10.2. The Balaban J connectivity index is 0.00000211. The Hall–Kier alpha value is -1.91. The summed E-state index contributed by atoms with van der Waals surface area (Å²) in [4.78, 5) is 11.4. The van der Waals surface area contributed by atoms with Crippen LogP contribution in [0.4, 0.5) is 10.5 Å². The number of carbonyl (C=O) groups excluding carboxylic acids is 1. The van der Waals surface area contributed by atoms with Crippen LogP contribution in [0.3, 0.4) is 0 Å². The zero-order chi connectivity index (χ0) is 17.0. The summed E-state index contributed by atoms with van der Waals surface area (Å²) in [7, 11) is 0. The maximum Gasteiger partial charge on any atom is 0.407 e. The van der Waals surface area contributed by atoms with Crippen molar-refractivity contribution in [1.82, 2.24) is 5.32 Å². The van der Waals surface area contributed by atoms with Crippen LogP contribution in [-0.2, 0) is 4.74 Å². The predicted octanol–water partition coefficient (Wildman–Crippen LogP) is 3.98. The fourth-order valence-electron chi connectivity index (χ4n) is 1.49. The molecule has 0 aliphatic rings. The standard InChI is InChI=1S/C15H24N2O3.C2H6/c1-15(2,3)20-14(18)17-10-4-5-11-19-13-8-6-12(16)7-9-13;1-2/h6-9H,4-5,10-11,16H2,1-3H3,(H,17,18);1-2H3. The van der Waals surface area contributed by atoms with Gasteiger partial charge in [-0.3, -0.25) is 0 Å². The number of carbonyl (C=O) groups is 1. The smallest absolute Gasteiger partial charge is 0.407 e. The summed E-state index contributed by atoms with van der Waals surface area (Å²) < 4.78 is 10.7. The summed E-state index contributed by atoms with van der Waals surface area (Å²) in [5.74, 6) is 0.805. The second kappa shape index (κ2) is 10.8. The van der Waals surface area contributed by atoms with Crippen molar-refractivity contribution in [3.63, 3.8) is 0 Å². The van der Waals surface area contributed by atoms with Crippen LogP contribution in [-0.4, -0.2) is 24.8 Å². The maximum absolute atomic E-state index is 11.4. The van der Waals surface area contributed by atoms with Crippen molar-refractivity contribution in [2.75, 3.05) is 18.9 Å². The average molecular weight is 310 g/mol. The van der Waals surface area contributed by atoms with E-state index in [1.807, 2.05) is 46.8 Å². The molecule has 22 heavy (non-hydrogen) atoms. The molecule has 126 valence electrons. The van der Waals surface area contributed by atoms with Crippen molar-refractivity contribution in [2.45, 2.75) is 53.1 Å². The number of anilines is 1. The Kier molecular flexibility index (Phi) is 9.83. The number of amides is 1. The van der Waals surface area contributed by atoms with Gasteiger partial charge in [0, 0.05) is 12.2 Å². The lowest BCUT2D eigenvalue weighted by Gasteiger charge is -2.19. The van der Waals surface area contributed by atoms with Crippen molar-refractivity contribution in [2.24, 2.45) is 0 Å². The molecule has 1 amide bonds. The van der Waals surface area contributed by atoms with Gasteiger partial charge in [0.15, 0.2) is 0 Å². The van der Waals surface area contributed by atoms with Crippen molar-refractivity contribution in [3.8, 4) is 5.75 Å². The van der Waals surface area contributed by atoms with Gasteiger partial charge in [-0.25, -0.2) is 4.79 Å². The highest BCUT2D eigenvalue weighted by Crippen LogP contribution is 2.13. The number of hydrogen-bond acceptors (Lipinski definition) is 4. The van der Waals surface area contributed by atoms with E-state index in [4.69, 9.17) is 15.2 Å². The molecule has 3 N–H and O–H groups in total. The molecule has 0 aliphatic heterocycles. The van der Waals surface area contributed by atoms with E-state index in [-0.39, 0.29) is 6.09 Å². The van der Waals surface area contributed by atoms with Gasteiger partial charge < -0.3 is 20.5 Å². The van der Waals surface area contributed by atoms with E-state index in [1.54, 1.807) is 12.1 Å². The fraction of sp³-hybridized carbons (Fsp3) is 0.588. The summed E-state index contributed by atoms with van der Waals surface area (Å²) >= 11 is 0. The highest BCUT2D eigenvalue weighted by Gasteiger charge is 2.15. The van der Waals surface area contributed by atoms with Gasteiger partial charge in [-0.1, -0.05) is 13.8 Å². The number of nitrogen functional groups attached to an aromatic ring is 1. The van der Waals surface area contributed by atoms with Gasteiger partial charge in [0.25, 0.3) is 0 Å². The minimum atomic E-state index is -0.456. The number of benzene rings is 1. The van der Waals surface area contributed by atoms with Crippen LogP contribution in [0, 0.1) is 0 Å². The van der Waals surface area contributed by atoms with Crippen molar-refractivity contribution >= 4 is 11.8 Å². The third kappa shape index (κ3) is 10.8. The first-order chi connectivity index (χ1) is 10.4. The average Bonchev–Trinajstić information content (AvgIpc) is 2.45. The van der Waals surface area contributed by atoms with Crippen LogP contribution in [0.5, 0.6) is 5.75 Å². The number of alkyl carbamates (subject to hydrolysis) is 1. The largest absolute Gasteiger partial charge is 0.494 e. The van der Waals surface area contributed by atoms with Crippen molar-refractivity contribution < 1.29 is 14.3 Å². The number of nitrogens with one attached hydrogen (secondary N) is 1. The molecule has 5 nitrogen and oxygen atoms in total. The third-order valence-electron chi connectivity index (χ3n) is 2.39. The Morgan fingerprint density at radius 1 is 1.14 bits per heavy atom. The number of nitrogens with two attached hydrogens (primary N) is 1. The van der Waals surface area contributed by atoms with E-state index >= 15 is 0 Å². The predicted molar refractivity (Wildman–Crippen MR) is 91.2 cm³/mol. The van der Waals surface area contributed by atoms with E-state index in [0.29, 0.717) is 13.2 Å². The molecule has 0 aromatic heterocycles. The molecule has 1 aromatic rings. The SMILES string of the molecule is CC.CC(C)(C)OC(=O)NCCCCOc1ccc(N)cc1. The van der Waals surface area contributed by atoms with Gasteiger partial charge in [-0.2, -0.15) is 0 Å². The third-order valence-corrected chi connectivity index (χ3v) is 2.39. The van der Waals surface area contributed by atoms with E-state index < -0.39 is 5.60 Å². The number of ether oxygens (including phenoxy) is 2. The van der Waals surface area contributed by atoms with Crippen LogP contribution in [0.1, 0.15) is 47.5 Å². The maximum atomic E-state index is 11.4. The molecule has 1 aromatic carbocycles. The second-order valence-corrected chi connectivity index (χ2v) is 5.55. The highest BCUT2D eigenvalue weighted by molar-refractivity contribution is 5.67. The molecule has 5 heteroatoms. The lowest BCUT2D eigenvalue weighted by molar-refractivity contribution is 0.0526. The second-order valence-electron chi connectivity index (χ2n) is 5.55. The molecule has 0 saturated carbocycles. The Morgan fingerprint density at radius 3 is 2.27 bits per heavy atom. The molecule has 0 unspecified atom stereocenters. The first kappa shape index (κ1) is 20.1. The van der Waals surface area contributed by atoms with Gasteiger partial charge in [-0.15, -0.1) is 0 Å². The van der Waals surface area contributed by atoms with E-state index in [9.17, 15) is 4.79 Å². The topological polar surface area (TPSA) is 73.6 Å². The van der Waals surface area contributed by atoms with Crippen LogP contribution in [0.25, 0.3) is 0 Å². The normalized spacial score (nSPS) is 10.2. The summed E-state index contributed by atoms with van der Waals surface area (Å²) in [5, 5.41) is 2.71. The monoisotopic (exact) mass is 310 g/mol. The van der Waals surface area contributed by atoms with Crippen LogP contribution in [0.2, 0.25) is 0 Å². The number of rotatable bonds is 6. The van der Waals surface area contributed by atoms with Crippen molar-refractivity contribution in [3.05, 3.63) is 24.3 Å². The molecule has 0 atom stereocenters. The fourth-order valence-corrected chi connectivity index (χ4v) is 1.49. The van der Waals surface area contributed by atoms with Gasteiger partial charge in [-0.05, 0) is 57.9 Å². The Bertz CT molecular complexity index is 411. The summed E-state index contributed by atoms with van der Waals surface area (Å²) in [6, 6.07) is 7.29. The van der Waals surface area contributed by atoms with E-state index in [0.717, 1.165) is 24.3 Å². The van der Waals surface area contributed by atoms with E-state index in [1.165, 1.54) is 0 Å². The lowest BCUT2D eigenvalue weighted by Crippen LogP contribution is -2.33. The van der Waals surface area contributed by atoms with Gasteiger partial charge in [0.2, 0.25) is 0 Å². The minimum absolute atomic E-state index is 0.378. The Morgan fingerprint density at radius 2 is 1.73 bits per heavy atom. The zero-order valence-electron chi connectivity index (χ0n) is 14.4. The summed E-state index contributed by atoms with van der Waals surface area (Å²) in [6.07, 6.45) is 1.32. The quantitative estimate of drug-likeness (QED) is 0.615. The van der Waals surface area contributed by atoms with Crippen LogP contribution in [0.15, 0.2) is 24.3 Å². The van der Waals surface area contributed by atoms with Crippen LogP contribution >= 0.6 is 0 Å². The molecule has 0 aliphatic carbocycles. The first-order valence-electron chi connectivity index (χ1n) is 7.82. The molecule has 0 spiro atoms. The van der Waals surface area contributed by atoms with E-state index in [2.05, 4.69) is 5.32 Å². The molecule has 0 saturated heterocycles. The zero-order valence-corrected chi connectivity index (χ0v) is 14.4. The first-order valence-corrected chi connectivity index (χ1v) is 7.82. The molecular formula is C17H30N2O3. The summed E-state index contributed by atoms with van der Waals surface area (Å²) in [6.45, 7) is 10.7. The minimum Gasteiger partial charge on any atom is -0.494 e. The molecule has 0 bridgehead atoms. The molecule has 0 radical (unpaired) electrons. The van der Waals surface area contributed by atoms with Gasteiger partial charge >= 0.3 is 6.09 Å². The highest BCUT2D eigenvalue weighted by atomic mass is 16.6. The summed E-state index contributed by atoms with van der Waals surface area (Å²) in [5.41, 5.74) is 5.85. The molecule has 0 fully saturated rings. The Labute approximate surface area is 134 Å². The molecular weight excluding hydrogens is 280 g/mol. The molecule has 0 heterocycles. The van der Waals surface area contributed by atoms with Crippen LogP contribution < -0.4 is 15.8 Å². The van der Waals surface area contributed by atoms with Gasteiger partial charge in [0.1, 0.15) is 11.4 Å². The van der Waals surface area contributed by atoms with Crippen molar-refractivity contribution in [1.29, 1.82) is 0 Å². The van der Waals surface area contributed by atoms with Gasteiger partial charge in [0.05, 0.1) is 6.61 Å².